The molecule has 3 heteroatoms. The molecule has 2 aromatic heterocycles. The molecule has 0 aromatic carbocycles. The molecular formula is C9H9N3. The highest BCUT2D eigenvalue weighted by Gasteiger charge is 1.97. The maximum absolute atomic E-state index is 4.09. The van der Waals surface area contributed by atoms with Gasteiger partial charge in [0, 0.05) is 31.2 Å². The van der Waals surface area contributed by atoms with Crippen LogP contribution in [0.15, 0.2) is 36.9 Å². The predicted octanol–water partition coefficient (Wildman–Crippen LogP) is 1.48. The van der Waals surface area contributed by atoms with Gasteiger partial charge in [-0.2, -0.15) is 5.10 Å². The van der Waals surface area contributed by atoms with Gasteiger partial charge in [-0.1, -0.05) is 0 Å². The van der Waals surface area contributed by atoms with Gasteiger partial charge in [-0.05, 0) is 17.7 Å². The molecule has 0 bridgehead atoms. The molecule has 0 spiro atoms. The summed E-state index contributed by atoms with van der Waals surface area (Å²) in [6, 6.07) is 3.94. The molecule has 60 valence electrons. The molecule has 0 aliphatic rings. The van der Waals surface area contributed by atoms with Crippen molar-refractivity contribution in [2.24, 2.45) is 7.05 Å². The van der Waals surface area contributed by atoms with Gasteiger partial charge in [0.05, 0.1) is 6.20 Å². The van der Waals surface area contributed by atoms with Crippen LogP contribution in [0, 0.1) is 0 Å². The van der Waals surface area contributed by atoms with Crippen LogP contribution in [-0.4, -0.2) is 14.8 Å². The van der Waals surface area contributed by atoms with E-state index in [1.54, 1.807) is 17.1 Å². The van der Waals surface area contributed by atoms with Gasteiger partial charge >= 0.3 is 0 Å². The molecule has 3 nitrogen and oxygen atoms in total. The van der Waals surface area contributed by atoms with Crippen molar-refractivity contribution < 1.29 is 0 Å². The predicted molar refractivity (Wildman–Crippen MR) is 46.4 cm³/mol. The minimum absolute atomic E-state index is 1.12. The van der Waals surface area contributed by atoms with E-state index in [1.807, 2.05) is 31.6 Å². The van der Waals surface area contributed by atoms with Crippen molar-refractivity contribution in [3.8, 4) is 11.1 Å². The van der Waals surface area contributed by atoms with Gasteiger partial charge in [-0.3, -0.25) is 9.67 Å². The zero-order chi connectivity index (χ0) is 8.39. The zero-order valence-corrected chi connectivity index (χ0v) is 6.81. The second-order valence-corrected chi connectivity index (χ2v) is 2.64. The smallest absolute Gasteiger partial charge is 0.0568 e. The Morgan fingerprint density at radius 2 is 1.92 bits per heavy atom. The van der Waals surface area contributed by atoms with E-state index >= 15 is 0 Å². The van der Waals surface area contributed by atoms with E-state index < -0.39 is 0 Å². The number of pyridine rings is 1. The summed E-state index contributed by atoms with van der Waals surface area (Å²) < 4.78 is 1.79. The molecule has 0 N–H and O–H groups in total. The maximum atomic E-state index is 4.09. The number of rotatable bonds is 1. The van der Waals surface area contributed by atoms with E-state index in [0.717, 1.165) is 11.1 Å². The Hall–Kier alpha value is -1.64. The van der Waals surface area contributed by atoms with Crippen molar-refractivity contribution in [2.45, 2.75) is 0 Å². The van der Waals surface area contributed by atoms with Crippen molar-refractivity contribution in [3.63, 3.8) is 0 Å². The minimum Gasteiger partial charge on any atom is -0.275 e. The van der Waals surface area contributed by atoms with Crippen LogP contribution in [-0.2, 0) is 7.05 Å². The monoisotopic (exact) mass is 159 g/mol. The van der Waals surface area contributed by atoms with Crippen LogP contribution >= 0.6 is 0 Å². The molecule has 0 fully saturated rings. The molecule has 12 heavy (non-hydrogen) atoms. The van der Waals surface area contributed by atoms with Gasteiger partial charge in [-0.15, -0.1) is 0 Å². The Labute approximate surface area is 70.7 Å². The lowest BCUT2D eigenvalue weighted by Crippen LogP contribution is -1.84. The van der Waals surface area contributed by atoms with Crippen LogP contribution in [0.1, 0.15) is 0 Å². The Morgan fingerprint density at radius 3 is 2.50 bits per heavy atom. The third-order valence-electron chi connectivity index (χ3n) is 1.72. The lowest BCUT2D eigenvalue weighted by Gasteiger charge is -1.92. The lowest BCUT2D eigenvalue weighted by atomic mass is 10.2. The fourth-order valence-corrected chi connectivity index (χ4v) is 1.11. The average Bonchev–Trinajstić information content (AvgIpc) is 2.54. The van der Waals surface area contributed by atoms with Crippen molar-refractivity contribution in [1.29, 1.82) is 0 Å². The van der Waals surface area contributed by atoms with E-state index in [-0.39, 0.29) is 0 Å². The van der Waals surface area contributed by atoms with Crippen LogP contribution in [0.4, 0.5) is 0 Å². The first-order valence-corrected chi connectivity index (χ1v) is 3.75. The molecule has 0 radical (unpaired) electrons. The Morgan fingerprint density at radius 1 is 1.17 bits per heavy atom. The fourth-order valence-electron chi connectivity index (χ4n) is 1.11. The lowest BCUT2D eigenvalue weighted by molar-refractivity contribution is 0.768. The van der Waals surface area contributed by atoms with E-state index in [1.165, 1.54) is 0 Å². The van der Waals surface area contributed by atoms with Crippen molar-refractivity contribution in [2.75, 3.05) is 0 Å². The highest BCUT2D eigenvalue weighted by Crippen LogP contribution is 2.15. The molecule has 0 amide bonds. The van der Waals surface area contributed by atoms with Crippen molar-refractivity contribution in [3.05, 3.63) is 36.9 Å². The van der Waals surface area contributed by atoms with Crippen LogP contribution < -0.4 is 0 Å². The summed E-state index contributed by atoms with van der Waals surface area (Å²) >= 11 is 0. The van der Waals surface area contributed by atoms with Gasteiger partial charge in [0.15, 0.2) is 0 Å². The standard InChI is InChI=1S/C9H9N3/c1-12-7-9(6-11-12)8-2-4-10-5-3-8/h2-7H,1H3. The van der Waals surface area contributed by atoms with E-state index in [4.69, 9.17) is 0 Å². The van der Waals surface area contributed by atoms with Gasteiger partial charge < -0.3 is 0 Å². The number of hydrogen-bond acceptors (Lipinski definition) is 2. The summed E-state index contributed by atoms with van der Waals surface area (Å²) in [5, 5.41) is 4.09. The molecule has 2 aromatic rings. The third kappa shape index (κ3) is 1.21. The summed E-state index contributed by atoms with van der Waals surface area (Å²) in [5.74, 6) is 0. The first-order valence-electron chi connectivity index (χ1n) is 3.75. The molecule has 2 rings (SSSR count). The minimum atomic E-state index is 1.12. The summed E-state index contributed by atoms with van der Waals surface area (Å²) in [5.41, 5.74) is 2.28. The molecule has 0 unspecified atom stereocenters. The summed E-state index contributed by atoms with van der Waals surface area (Å²) in [6.07, 6.45) is 7.38. The Bertz CT molecular complexity index is 364. The number of hydrogen-bond donors (Lipinski definition) is 0. The molecule has 0 atom stereocenters. The highest BCUT2D eigenvalue weighted by molar-refractivity contribution is 5.60. The van der Waals surface area contributed by atoms with Crippen molar-refractivity contribution in [1.82, 2.24) is 14.8 Å². The Balaban J connectivity index is 2.45. The van der Waals surface area contributed by atoms with Gasteiger partial charge in [0.1, 0.15) is 0 Å². The zero-order valence-electron chi connectivity index (χ0n) is 6.81. The van der Waals surface area contributed by atoms with Gasteiger partial charge in [-0.25, -0.2) is 0 Å². The van der Waals surface area contributed by atoms with Gasteiger partial charge in [0.2, 0.25) is 0 Å². The molecule has 2 heterocycles. The normalized spacial score (nSPS) is 10.1. The van der Waals surface area contributed by atoms with Crippen LogP contribution in [0.25, 0.3) is 11.1 Å². The summed E-state index contributed by atoms with van der Waals surface area (Å²) in [6.45, 7) is 0. The quantitative estimate of drug-likeness (QED) is 0.631. The largest absolute Gasteiger partial charge is 0.275 e. The molecular weight excluding hydrogens is 150 g/mol. The van der Waals surface area contributed by atoms with Crippen LogP contribution in [0.2, 0.25) is 0 Å². The second-order valence-electron chi connectivity index (χ2n) is 2.64. The third-order valence-corrected chi connectivity index (χ3v) is 1.72. The molecule has 0 aliphatic heterocycles. The first kappa shape index (κ1) is 7.03. The first-order chi connectivity index (χ1) is 5.86. The van der Waals surface area contributed by atoms with Crippen LogP contribution in [0.5, 0.6) is 0 Å². The van der Waals surface area contributed by atoms with Gasteiger partial charge in [0.25, 0.3) is 0 Å². The Kier molecular flexibility index (Phi) is 1.63. The molecule has 0 saturated carbocycles. The highest BCUT2D eigenvalue weighted by atomic mass is 15.2. The summed E-state index contributed by atoms with van der Waals surface area (Å²) in [4.78, 5) is 3.95. The van der Waals surface area contributed by atoms with E-state index in [0.29, 0.717) is 0 Å². The van der Waals surface area contributed by atoms with E-state index in [2.05, 4.69) is 10.1 Å². The SMILES string of the molecule is Cn1cc(-c2ccncc2)cn1. The molecule has 0 saturated heterocycles. The maximum Gasteiger partial charge on any atom is 0.0568 e. The second kappa shape index (κ2) is 2.77. The van der Waals surface area contributed by atoms with Crippen LogP contribution in [0.3, 0.4) is 0 Å². The van der Waals surface area contributed by atoms with Crippen molar-refractivity contribution >= 4 is 0 Å². The average molecular weight is 159 g/mol. The molecule has 0 aliphatic carbocycles. The van der Waals surface area contributed by atoms with E-state index in [9.17, 15) is 0 Å². The fraction of sp³-hybridized carbons (Fsp3) is 0.111. The summed E-state index contributed by atoms with van der Waals surface area (Å²) in [7, 11) is 1.91. The topological polar surface area (TPSA) is 30.7 Å². The number of aryl methyl sites for hydroxylation is 1. The number of nitrogens with zero attached hydrogens (tertiary/aromatic N) is 3. The number of aromatic nitrogens is 3.